The molecule has 0 spiro atoms. The number of carboxylic acids is 1. The molecule has 2 N–H and O–H groups in total. The summed E-state index contributed by atoms with van der Waals surface area (Å²) in [6.45, 7) is 0.330. The number of para-hydroxylation sites is 1. The molecule has 3 unspecified atom stereocenters. The predicted molar refractivity (Wildman–Crippen MR) is 144 cm³/mol. The number of alkyl halides is 3. The van der Waals surface area contributed by atoms with Crippen molar-refractivity contribution in [3.8, 4) is 17.0 Å². The first-order valence-electron chi connectivity index (χ1n) is 14.1. The monoisotopic (exact) mass is 603 g/mol. The van der Waals surface area contributed by atoms with Gasteiger partial charge in [0.05, 0.1) is 24.5 Å². The van der Waals surface area contributed by atoms with E-state index in [1.54, 1.807) is 11.0 Å². The molecule has 43 heavy (non-hydrogen) atoms. The van der Waals surface area contributed by atoms with Gasteiger partial charge >= 0.3 is 18.4 Å². The molecule has 13 heteroatoms. The summed E-state index contributed by atoms with van der Waals surface area (Å²) in [6, 6.07) is 8.28. The fourth-order valence-electron chi connectivity index (χ4n) is 6.23. The summed E-state index contributed by atoms with van der Waals surface area (Å²) < 4.78 is 69.6. The minimum absolute atomic E-state index is 0.0248. The van der Waals surface area contributed by atoms with Crippen LogP contribution in [0.2, 0.25) is 0 Å². The number of hydrogen-bond donors (Lipinski definition) is 2. The molecule has 228 valence electrons. The van der Waals surface area contributed by atoms with E-state index in [4.69, 9.17) is 9.26 Å². The normalized spacial score (nSPS) is 21.6. The molecule has 3 heterocycles. The molecule has 3 atom stereocenters. The summed E-state index contributed by atoms with van der Waals surface area (Å²) >= 11 is 0. The van der Waals surface area contributed by atoms with Crippen LogP contribution in [0.3, 0.4) is 0 Å². The molecule has 2 amide bonds. The van der Waals surface area contributed by atoms with Crippen LogP contribution >= 0.6 is 0 Å². The molecule has 3 aromatic rings. The first kappa shape index (κ1) is 29.0. The number of anilines is 1. The number of urea groups is 1. The van der Waals surface area contributed by atoms with Crippen LogP contribution in [0.1, 0.15) is 66.1 Å². The Kier molecular flexibility index (Phi) is 7.75. The lowest BCUT2D eigenvalue weighted by molar-refractivity contribution is -0.274. The lowest BCUT2D eigenvalue weighted by Crippen LogP contribution is -2.51. The number of carbonyl (C=O) groups is 2. The van der Waals surface area contributed by atoms with Gasteiger partial charge in [0.1, 0.15) is 23.0 Å². The fraction of sp³-hybridized carbons (Fsp3) is 0.433. The Morgan fingerprint density at radius 2 is 1.84 bits per heavy atom. The van der Waals surface area contributed by atoms with Gasteiger partial charge in [0.2, 0.25) is 0 Å². The molecule has 1 aliphatic carbocycles. The number of hydrogen-bond acceptors (Lipinski definition) is 6. The third-order valence-electron chi connectivity index (χ3n) is 8.36. The number of rotatable bonds is 9. The quantitative estimate of drug-likeness (QED) is 0.255. The van der Waals surface area contributed by atoms with Gasteiger partial charge < -0.3 is 29.3 Å². The van der Waals surface area contributed by atoms with E-state index in [0.29, 0.717) is 11.3 Å². The Hall–Kier alpha value is -4.13. The van der Waals surface area contributed by atoms with Gasteiger partial charge in [0.15, 0.2) is 0 Å². The number of carboxylic acid groups (broad SMARTS) is 1. The number of carbonyl (C=O) groups excluding carboxylic acids is 1. The van der Waals surface area contributed by atoms with Crippen molar-refractivity contribution in [1.82, 2.24) is 10.1 Å². The van der Waals surface area contributed by atoms with Crippen LogP contribution in [0, 0.1) is 11.7 Å². The number of aromatic nitrogens is 1. The van der Waals surface area contributed by atoms with Gasteiger partial charge in [0, 0.05) is 35.0 Å². The minimum Gasteiger partial charge on any atom is -0.478 e. The van der Waals surface area contributed by atoms with E-state index in [2.05, 4.69) is 15.2 Å². The number of aromatic carboxylic acids is 1. The van der Waals surface area contributed by atoms with E-state index in [1.165, 1.54) is 18.2 Å². The number of piperidine rings is 1. The Bertz CT molecular complexity index is 1520. The molecule has 1 saturated carbocycles. The SMILES string of the molecule is O=C(O)c1ccc(F)c(NC(=O)N2C3CCC(COCc4c(-c5ccccc5OC(F)(F)F)noc4C4CC4)C2CC3)c1. The smallest absolute Gasteiger partial charge is 0.478 e. The third-order valence-corrected chi connectivity index (χ3v) is 8.36. The Morgan fingerprint density at radius 3 is 2.58 bits per heavy atom. The van der Waals surface area contributed by atoms with Crippen molar-refractivity contribution in [1.29, 1.82) is 0 Å². The van der Waals surface area contributed by atoms with E-state index >= 15 is 0 Å². The summed E-state index contributed by atoms with van der Waals surface area (Å²) in [5.74, 6) is -1.67. The van der Waals surface area contributed by atoms with Crippen LogP contribution in [0.5, 0.6) is 5.75 Å². The zero-order chi connectivity index (χ0) is 30.3. The molecule has 2 aromatic carbocycles. The van der Waals surface area contributed by atoms with Gasteiger partial charge in [-0.25, -0.2) is 14.0 Å². The van der Waals surface area contributed by atoms with Gasteiger partial charge in [-0.2, -0.15) is 0 Å². The maximum Gasteiger partial charge on any atom is 0.573 e. The predicted octanol–water partition coefficient (Wildman–Crippen LogP) is 6.95. The average Bonchev–Trinajstić information content (AvgIpc) is 3.64. The summed E-state index contributed by atoms with van der Waals surface area (Å²) in [6.07, 6.45) is -0.0662. The summed E-state index contributed by atoms with van der Waals surface area (Å²) in [4.78, 5) is 26.3. The van der Waals surface area contributed by atoms with Crippen LogP contribution in [0.25, 0.3) is 11.3 Å². The Labute approximate surface area is 243 Å². The molecule has 3 fully saturated rings. The van der Waals surface area contributed by atoms with Crippen LogP contribution in [-0.4, -0.2) is 52.2 Å². The van der Waals surface area contributed by atoms with Gasteiger partial charge in [-0.3, -0.25) is 0 Å². The number of ether oxygens (including phenoxy) is 2. The number of fused-ring (bicyclic) bond motifs is 2. The maximum atomic E-state index is 14.4. The van der Waals surface area contributed by atoms with E-state index in [1.807, 2.05) is 0 Å². The van der Waals surface area contributed by atoms with Crippen LogP contribution in [0.4, 0.5) is 28.0 Å². The molecule has 1 aromatic heterocycles. The van der Waals surface area contributed by atoms with Gasteiger partial charge in [-0.05, 0) is 68.9 Å². The highest BCUT2D eigenvalue weighted by Crippen LogP contribution is 2.46. The van der Waals surface area contributed by atoms with E-state index < -0.39 is 24.2 Å². The Balaban J connectivity index is 1.16. The summed E-state index contributed by atoms with van der Waals surface area (Å²) in [7, 11) is 0. The molecule has 6 rings (SSSR count). The molecular formula is C30H29F4N3O6. The second-order valence-electron chi connectivity index (χ2n) is 11.2. The van der Waals surface area contributed by atoms with Gasteiger partial charge in [0.25, 0.3) is 0 Å². The third kappa shape index (κ3) is 6.17. The molecular weight excluding hydrogens is 574 g/mol. The van der Waals surface area contributed by atoms with E-state index in [9.17, 15) is 32.3 Å². The van der Waals surface area contributed by atoms with Crippen molar-refractivity contribution in [2.75, 3.05) is 11.9 Å². The molecule has 2 aliphatic heterocycles. The van der Waals surface area contributed by atoms with E-state index in [0.717, 1.165) is 56.7 Å². The summed E-state index contributed by atoms with van der Waals surface area (Å²) in [5.41, 5.74) is 0.607. The molecule has 2 bridgehead atoms. The lowest BCUT2D eigenvalue weighted by Gasteiger charge is -2.40. The van der Waals surface area contributed by atoms with Gasteiger partial charge in [-0.15, -0.1) is 13.2 Å². The number of amides is 2. The van der Waals surface area contributed by atoms with Crippen molar-refractivity contribution in [2.45, 2.75) is 69.5 Å². The first-order valence-corrected chi connectivity index (χ1v) is 14.1. The highest BCUT2D eigenvalue weighted by molar-refractivity contribution is 5.93. The highest BCUT2D eigenvalue weighted by atomic mass is 19.4. The Morgan fingerprint density at radius 1 is 1.07 bits per heavy atom. The average molecular weight is 604 g/mol. The van der Waals surface area contributed by atoms with Crippen molar-refractivity contribution < 1.29 is 46.3 Å². The number of nitrogens with one attached hydrogen (secondary N) is 1. The zero-order valence-corrected chi connectivity index (χ0v) is 22.9. The second-order valence-corrected chi connectivity index (χ2v) is 11.2. The first-order chi connectivity index (χ1) is 20.6. The number of nitrogens with zero attached hydrogens (tertiary/aromatic N) is 2. The van der Waals surface area contributed by atoms with Crippen LogP contribution in [0.15, 0.2) is 47.0 Å². The van der Waals surface area contributed by atoms with E-state index in [-0.39, 0.29) is 65.4 Å². The largest absolute Gasteiger partial charge is 0.573 e. The van der Waals surface area contributed by atoms with Crippen molar-refractivity contribution in [2.24, 2.45) is 5.92 Å². The molecule has 3 aliphatic rings. The number of halogens is 4. The summed E-state index contributed by atoms with van der Waals surface area (Å²) in [5, 5.41) is 15.9. The minimum atomic E-state index is -4.88. The molecule has 0 radical (unpaired) electrons. The van der Waals surface area contributed by atoms with Crippen molar-refractivity contribution in [3.05, 3.63) is 65.2 Å². The lowest BCUT2D eigenvalue weighted by atomic mass is 9.91. The molecule has 9 nitrogen and oxygen atoms in total. The number of benzene rings is 2. The highest BCUT2D eigenvalue weighted by Gasteiger charge is 2.45. The van der Waals surface area contributed by atoms with Crippen molar-refractivity contribution >= 4 is 17.7 Å². The fourth-order valence-corrected chi connectivity index (χ4v) is 6.23. The zero-order valence-electron chi connectivity index (χ0n) is 22.9. The molecule has 2 saturated heterocycles. The second kappa shape index (κ2) is 11.5. The standard InChI is InChI=1S/C30H29F4N3O6/c31-22-11-8-17(28(38)39)13-23(22)35-29(40)37-19-9-7-18(24(37)12-10-19)14-41-15-21-26(36-43-27(21)16-5-6-16)20-3-1-2-4-25(20)42-30(32,33)34/h1-4,8,11,13,16,18-19,24H,5-7,9-10,12,14-15H2,(H,35,40)(H,38,39). The van der Waals surface area contributed by atoms with Crippen molar-refractivity contribution in [3.63, 3.8) is 0 Å². The van der Waals surface area contributed by atoms with Gasteiger partial charge in [-0.1, -0.05) is 17.3 Å². The topological polar surface area (TPSA) is 114 Å². The van der Waals surface area contributed by atoms with Crippen LogP contribution in [-0.2, 0) is 11.3 Å². The maximum absolute atomic E-state index is 14.4. The van der Waals surface area contributed by atoms with Crippen LogP contribution < -0.4 is 10.1 Å².